The highest BCUT2D eigenvalue weighted by Crippen LogP contribution is 2.13. The molecule has 0 saturated heterocycles. The van der Waals surface area contributed by atoms with Gasteiger partial charge in [-0.25, -0.2) is 9.59 Å². The van der Waals surface area contributed by atoms with Crippen molar-refractivity contribution in [3.63, 3.8) is 0 Å². The summed E-state index contributed by atoms with van der Waals surface area (Å²) in [5.41, 5.74) is -0.574. The molecule has 2 rings (SSSR count). The summed E-state index contributed by atoms with van der Waals surface area (Å²) < 4.78 is 2.31. The number of carbonyl (C=O) groups is 1. The number of benzene rings is 1. The molecule has 1 aromatic carbocycles. The number of rotatable bonds is 5. The third kappa shape index (κ3) is 2.61. The molecular weight excluding hydrogens is 272 g/mol. The van der Waals surface area contributed by atoms with Gasteiger partial charge in [0.1, 0.15) is 6.04 Å². The monoisotopic (exact) mass is 290 g/mol. The quantitative estimate of drug-likeness (QED) is 0.907. The normalized spacial score (nSPS) is 12.5. The van der Waals surface area contributed by atoms with Gasteiger partial charge in [0.05, 0.1) is 10.9 Å². The molecule has 0 bridgehead atoms. The van der Waals surface area contributed by atoms with Crippen molar-refractivity contribution in [3.05, 3.63) is 45.1 Å². The number of aliphatic carboxylic acids is 1. The van der Waals surface area contributed by atoms with E-state index in [1.807, 2.05) is 6.92 Å². The van der Waals surface area contributed by atoms with Crippen molar-refractivity contribution in [3.8, 4) is 0 Å². The van der Waals surface area contributed by atoms with Crippen LogP contribution < -0.4 is 11.2 Å². The highest BCUT2D eigenvalue weighted by Gasteiger charge is 2.20. The molecule has 1 N–H and O–H groups in total. The van der Waals surface area contributed by atoms with Crippen LogP contribution in [-0.4, -0.2) is 20.2 Å². The molecule has 2 aromatic rings. The van der Waals surface area contributed by atoms with Crippen LogP contribution in [0, 0.1) is 0 Å². The van der Waals surface area contributed by atoms with E-state index in [4.69, 9.17) is 0 Å². The molecule has 112 valence electrons. The maximum absolute atomic E-state index is 12.5. The van der Waals surface area contributed by atoms with Gasteiger partial charge >= 0.3 is 11.7 Å². The van der Waals surface area contributed by atoms with Gasteiger partial charge in [0.25, 0.3) is 5.56 Å². The molecule has 1 aromatic heterocycles. The van der Waals surface area contributed by atoms with E-state index >= 15 is 0 Å². The summed E-state index contributed by atoms with van der Waals surface area (Å²) in [5.74, 6) is -1.11. The van der Waals surface area contributed by atoms with Crippen LogP contribution in [-0.2, 0) is 11.3 Å². The van der Waals surface area contributed by atoms with Gasteiger partial charge < -0.3 is 5.11 Å². The molecule has 0 aliphatic carbocycles. The molecule has 0 radical (unpaired) electrons. The standard InChI is InChI=1S/C15H18N2O4/c1-3-4-9-16-13(18)11-7-5-6-8-12(11)17(15(16)21)10(2)14(19)20/h5-8,10H,3-4,9H2,1-2H3,(H,19,20). The average molecular weight is 290 g/mol. The molecule has 6 nitrogen and oxygen atoms in total. The second-order valence-electron chi connectivity index (χ2n) is 4.99. The first kappa shape index (κ1) is 15.0. The van der Waals surface area contributed by atoms with Gasteiger partial charge in [-0.15, -0.1) is 0 Å². The summed E-state index contributed by atoms with van der Waals surface area (Å²) in [5, 5.41) is 9.57. The number of para-hydroxylation sites is 1. The van der Waals surface area contributed by atoms with Crippen LogP contribution in [0.4, 0.5) is 0 Å². The molecule has 1 atom stereocenters. The summed E-state index contributed by atoms with van der Waals surface area (Å²) in [6.07, 6.45) is 1.53. The van der Waals surface area contributed by atoms with E-state index in [2.05, 4.69) is 0 Å². The first-order valence-electron chi connectivity index (χ1n) is 6.96. The van der Waals surface area contributed by atoms with Crippen molar-refractivity contribution in [2.24, 2.45) is 0 Å². The molecule has 0 saturated carbocycles. The highest BCUT2D eigenvalue weighted by molar-refractivity contribution is 5.80. The zero-order valence-corrected chi connectivity index (χ0v) is 12.1. The zero-order valence-electron chi connectivity index (χ0n) is 12.1. The van der Waals surface area contributed by atoms with Gasteiger partial charge in [-0.1, -0.05) is 25.5 Å². The lowest BCUT2D eigenvalue weighted by molar-refractivity contribution is -0.140. The van der Waals surface area contributed by atoms with Crippen molar-refractivity contribution < 1.29 is 9.90 Å². The summed E-state index contributed by atoms with van der Waals surface area (Å²) in [7, 11) is 0. The van der Waals surface area contributed by atoms with E-state index in [0.29, 0.717) is 23.9 Å². The Balaban J connectivity index is 2.85. The molecule has 0 amide bonds. The number of fused-ring (bicyclic) bond motifs is 1. The van der Waals surface area contributed by atoms with E-state index in [-0.39, 0.29) is 5.56 Å². The Morgan fingerprint density at radius 1 is 1.29 bits per heavy atom. The minimum absolute atomic E-state index is 0.297. The SMILES string of the molecule is CCCCn1c(=O)c2ccccc2n(C(C)C(=O)O)c1=O. The predicted octanol–water partition coefficient (Wildman–Crippen LogP) is 1.61. The van der Waals surface area contributed by atoms with Crippen molar-refractivity contribution in [1.29, 1.82) is 0 Å². The summed E-state index contributed by atoms with van der Waals surface area (Å²) in [4.78, 5) is 36.2. The summed E-state index contributed by atoms with van der Waals surface area (Å²) in [6.45, 7) is 3.70. The maximum Gasteiger partial charge on any atom is 0.332 e. The molecule has 0 fully saturated rings. The fourth-order valence-electron chi connectivity index (χ4n) is 2.33. The minimum atomic E-state index is -1.11. The van der Waals surface area contributed by atoms with Crippen LogP contribution in [0.3, 0.4) is 0 Å². The number of carboxylic acid groups (broad SMARTS) is 1. The lowest BCUT2D eigenvalue weighted by Gasteiger charge is -2.16. The molecule has 0 aliphatic rings. The smallest absolute Gasteiger partial charge is 0.332 e. The lowest BCUT2D eigenvalue weighted by atomic mass is 10.2. The van der Waals surface area contributed by atoms with Crippen LogP contribution in [0.15, 0.2) is 33.9 Å². The molecule has 0 spiro atoms. The third-order valence-electron chi connectivity index (χ3n) is 3.56. The van der Waals surface area contributed by atoms with Gasteiger partial charge in [0.15, 0.2) is 0 Å². The number of hydrogen-bond acceptors (Lipinski definition) is 3. The number of carboxylic acids is 1. The van der Waals surface area contributed by atoms with Gasteiger partial charge in [-0.05, 0) is 25.5 Å². The van der Waals surface area contributed by atoms with Gasteiger partial charge in [-0.3, -0.25) is 13.9 Å². The van der Waals surface area contributed by atoms with Gasteiger partial charge in [-0.2, -0.15) is 0 Å². The fourth-order valence-corrected chi connectivity index (χ4v) is 2.33. The van der Waals surface area contributed by atoms with E-state index < -0.39 is 17.7 Å². The summed E-state index contributed by atoms with van der Waals surface area (Å²) in [6, 6.07) is 5.57. The molecule has 6 heteroatoms. The van der Waals surface area contributed by atoms with Crippen molar-refractivity contribution in [1.82, 2.24) is 9.13 Å². The van der Waals surface area contributed by atoms with Gasteiger partial charge in [0, 0.05) is 6.54 Å². The fraction of sp³-hybridized carbons (Fsp3) is 0.400. The van der Waals surface area contributed by atoms with Crippen LogP contribution in [0.25, 0.3) is 10.9 Å². The number of unbranched alkanes of at least 4 members (excludes halogenated alkanes) is 1. The van der Waals surface area contributed by atoms with Crippen LogP contribution in [0.1, 0.15) is 32.7 Å². The van der Waals surface area contributed by atoms with Crippen LogP contribution >= 0.6 is 0 Å². The predicted molar refractivity (Wildman–Crippen MR) is 79.7 cm³/mol. The Labute approximate surface area is 121 Å². The number of aromatic nitrogens is 2. The second-order valence-corrected chi connectivity index (χ2v) is 4.99. The lowest BCUT2D eigenvalue weighted by Crippen LogP contribution is -2.42. The first-order valence-corrected chi connectivity index (χ1v) is 6.96. The van der Waals surface area contributed by atoms with Crippen molar-refractivity contribution >= 4 is 16.9 Å². The highest BCUT2D eigenvalue weighted by atomic mass is 16.4. The second kappa shape index (κ2) is 5.95. The molecule has 0 aliphatic heterocycles. The van der Waals surface area contributed by atoms with Crippen LogP contribution in [0.2, 0.25) is 0 Å². The topological polar surface area (TPSA) is 81.3 Å². The van der Waals surface area contributed by atoms with E-state index in [1.165, 1.54) is 11.5 Å². The Hall–Kier alpha value is -2.37. The first-order chi connectivity index (χ1) is 9.99. The molecule has 1 unspecified atom stereocenters. The molecular formula is C15H18N2O4. The Kier molecular flexibility index (Phi) is 4.26. The van der Waals surface area contributed by atoms with E-state index in [9.17, 15) is 19.5 Å². The van der Waals surface area contributed by atoms with Gasteiger partial charge in [0.2, 0.25) is 0 Å². The Morgan fingerprint density at radius 3 is 2.57 bits per heavy atom. The maximum atomic E-state index is 12.5. The minimum Gasteiger partial charge on any atom is -0.480 e. The van der Waals surface area contributed by atoms with Crippen LogP contribution in [0.5, 0.6) is 0 Å². The Bertz CT molecular complexity index is 788. The number of nitrogens with zero attached hydrogens (tertiary/aromatic N) is 2. The third-order valence-corrected chi connectivity index (χ3v) is 3.56. The van der Waals surface area contributed by atoms with E-state index in [1.54, 1.807) is 24.3 Å². The Morgan fingerprint density at radius 2 is 1.95 bits per heavy atom. The van der Waals surface area contributed by atoms with Crippen molar-refractivity contribution in [2.45, 2.75) is 39.3 Å². The van der Waals surface area contributed by atoms with Crippen molar-refractivity contribution in [2.75, 3.05) is 0 Å². The van der Waals surface area contributed by atoms with E-state index in [0.717, 1.165) is 11.0 Å². The summed E-state index contributed by atoms with van der Waals surface area (Å²) >= 11 is 0. The number of hydrogen-bond donors (Lipinski definition) is 1. The largest absolute Gasteiger partial charge is 0.480 e. The average Bonchev–Trinajstić information content (AvgIpc) is 2.47. The molecule has 21 heavy (non-hydrogen) atoms. The zero-order chi connectivity index (χ0) is 15.6. The molecule has 1 heterocycles.